The molecule has 3 rings (SSSR count). The van der Waals surface area contributed by atoms with E-state index in [9.17, 15) is 19.8 Å². The van der Waals surface area contributed by atoms with Crippen molar-refractivity contribution in [3.8, 4) is 0 Å². The third-order valence-electron chi connectivity index (χ3n) is 4.06. The molecule has 2 aliphatic rings. The van der Waals surface area contributed by atoms with E-state index >= 15 is 0 Å². The van der Waals surface area contributed by atoms with Crippen LogP contribution in [-0.4, -0.2) is 43.5 Å². The third-order valence-corrected chi connectivity index (χ3v) is 4.51. The Morgan fingerprint density at radius 1 is 1.50 bits per heavy atom. The van der Waals surface area contributed by atoms with Gasteiger partial charge in [-0.25, -0.2) is 4.79 Å². The van der Waals surface area contributed by atoms with Gasteiger partial charge >= 0.3 is 5.69 Å². The van der Waals surface area contributed by atoms with Gasteiger partial charge in [0, 0.05) is 12.3 Å². The van der Waals surface area contributed by atoms with Crippen molar-refractivity contribution < 1.29 is 14.9 Å². The Morgan fingerprint density at radius 3 is 2.75 bits per heavy atom. The monoisotopic (exact) mass is 302 g/mol. The fourth-order valence-corrected chi connectivity index (χ4v) is 3.18. The van der Waals surface area contributed by atoms with Crippen LogP contribution in [0.2, 0.25) is 0 Å². The smallest absolute Gasteiger partial charge is 0.330 e. The first kappa shape index (κ1) is 13.8. The summed E-state index contributed by atoms with van der Waals surface area (Å²) in [5.41, 5.74) is -2.32. The summed E-state index contributed by atoms with van der Waals surface area (Å²) in [6, 6.07) is 1.18. The van der Waals surface area contributed by atoms with E-state index in [0.29, 0.717) is 0 Å². The highest BCUT2D eigenvalue weighted by Crippen LogP contribution is 2.52. The molecule has 1 aromatic heterocycles. The molecule has 20 heavy (non-hydrogen) atoms. The number of H-pyrrole nitrogens is 1. The first-order valence-electron chi connectivity index (χ1n) is 6.42. The zero-order chi connectivity index (χ0) is 14.5. The molecule has 0 unspecified atom stereocenters. The highest BCUT2D eigenvalue weighted by Gasteiger charge is 2.61. The first-order chi connectivity index (χ1) is 9.49. The molecule has 0 radical (unpaired) electrons. The van der Waals surface area contributed by atoms with Gasteiger partial charge in [0.1, 0.15) is 17.1 Å². The lowest BCUT2D eigenvalue weighted by Gasteiger charge is -2.30. The van der Waals surface area contributed by atoms with Gasteiger partial charge in [-0.2, -0.15) is 0 Å². The molecule has 1 aliphatic carbocycles. The highest BCUT2D eigenvalue weighted by molar-refractivity contribution is 6.21. The SMILES string of the molecule is O=c1ccn([C@@H]2O[C@@](CO)(C3CC3)[C@@H](O)[C@@H]2Cl)c(=O)[nH]1. The Bertz CT molecular complexity index is 625. The van der Waals surface area contributed by atoms with Gasteiger partial charge in [-0.05, 0) is 18.8 Å². The Hall–Kier alpha value is -1.15. The predicted molar refractivity (Wildman–Crippen MR) is 69.6 cm³/mol. The molecule has 7 nitrogen and oxygen atoms in total. The minimum absolute atomic E-state index is 0.0345. The van der Waals surface area contributed by atoms with Crippen molar-refractivity contribution >= 4 is 11.6 Å². The lowest BCUT2D eigenvalue weighted by Crippen LogP contribution is -2.47. The van der Waals surface area contributed by atoms with Crippen LogP contribution in [-0.2, 0) is 4.74 Å². The molecule has 1 aliphatic heterocycles. The van der Waals surface area contributed by atoms with Crippen molar-refractivity contribution in [1.82, 2.24) is 9.55 Å². The van der Waals surface area contributed by atoms with Gasteiger partial charge in [-0.15, -0.1) is 11.6 Å². The first-order valence-corrected chi connectivity index (χ1v) is 6.85. The summed E-state index contributed by atoms with van der Waals surface area (Å²) >= 11 is 6.17. The van der Waals surface area contributed by atoms with E-state index in [2.05, 4.69) is 4.98 Å². The van der Waals surface area contributed by atoms with Crippen molar-refractivity contribution in [3.63, 3.8) is 0 Å². The Labute approximate surface area is 118 Å². The minimum Gasteiger partial charge on any atom is -0.393 e. The molecule has 8 heteroatoms. The zero-order valence-electron chi connectivity index (χ0n) is 10.5. The average molecular weight is 303 g/mol. The maximum Gasteiger partial charge on any atom is 0.330 e. The number of aromatic nitrogens is 2. The van der Waals surface area contributed by atoms with Gasteiger partial charge in [-0.1, -0.05) is 0 Å². The maximum atomic E-state index is 11.8. The number of halogens is 1. The molecule has 2 fully saturated rings. The molecule has 1 saturated carbocycles. The molecule has 0 spiro atoms. The van der Waals surface area contributed by atoms with Crippen LogP contribution in [0, 0.1) is 5.92 Å². The molecule has 2 heterocycles. The zero-order valence-corrected chi connectivity index (χ0v) is 11.3. The largest absolute Gasteiger partial charge is 0.393 e. The highest BCUT2D eigenvalue weighted by atomic mass is 35.5. The second-order valence-corrected chi connectivity index (χ2v) is 5.81. The Balaban J connectivity index is 1.99. The normalized spacial score (nSPS) is 37.2. The molecule has 4 atom stereocenters. The second kappa shape index (κ2) is 4.70. The van der Waals surface area contributed by atoms with Crippen LogP contribution in [0.25, 0.3) is 0 Å². The van der Waals surface area contributed by atoms with Crippen LogP contribution in [0.15, 0.2) is 21.9 Å². The number of aromatic amines is 1. The molecule has 1 saturated heterocycles. The average Bonchev–Trinajstić information content (AvgIpc) is 3.22. The van der Waals surface area contributed by atoms with Crippen LogP contribution < -0.4 is 11.2 Å². The van der Waals surface area contributed by atoms with E-state index in [1.165, 1.54) is 12.3 Å². The van der Waals surface area contributed by atoms with E-state index in [0.717, 1.165) is 17.4 Å². The fraction of sp³-hybridized carbons (Fsp3) is 0.667. The van der Waals surface area contributed by atoms with Gasteiger partial charge in [0.05, 0.1) is 6.61 Å². The third kappa shape index (κ3) is 1.93. The number of hydrogen-bond acceptors (Lipinski definition) is 5. The van der Waals surface area contributed by atoms with E-state index in [4.69, 9.17) is 16.3 Å². The van der Waals surface area contributed by atoms with Crippen LogP contribution in [0.4, 0.5) is 0 Å². The van der Waals surface area contributed by atoms with Crippen LogP contribution in [0.5, 0.6) is 0 Å². The van der Waals surface area contributed by atoms with Crippen molar-refractivity contribution in [2.75, 3.05) is 6.61 Å². The molecule has 1 aromatic rings. The van der Waals surface area contributed by atoms with E-state index in [1.54, 1.807) is 0 Å². The summed E-state index contributed by atoms with van der Waals surface area (Å²) in [4.78, 5) is 25.0. The Kier molecular flexibility index (Phi) is 3.24. The van der Waals surface area contributed by atoms with E-state index in [-0.39, 0.29) is 12.5 Å². The molecule has 0 aromatic carbocycles. The number of aliphatic hydroxyl groups excluding tert-OH is 2. The summed E-state index contributed by atoms with van der Waals surface area (Å²) in [6.45, 7) is -0.364. The van der Waals surface area contributed by atoms with E-state index in [1.807, 2.05) is 0 Å². The molecule has 3 N–H and O–H groups in total. The van der Waals surface area contributed by atoms with Crippen molar-refractivity contribution in [3.05, 3.63) is 33.1 Å². The summed E-state index contributed by atoms with van der Waals surface area (Å²) < 4.78 is 6.89. The van der Waals surface area contributed by atoms with Crippen molar-refractivity contribution in [2.45, 2.75) is 36.2 Å². The summed E-state index contributed by atoms with van der Waals surface area (Å²) in [6.07, 6.45) is 0.950. The minimum atomic E-state index is -1.13. The number of alkyl halides is 1. The molecule has 0 amide bonds. The number of rotatable bonds is 3. The fourth-order valence-electron chi connectivity index (χ4n) is 2.79. The maximum absolute atomic E-state index is 11.8. The van der Waals surface area contributed by atoms with Crippen LogP contribution >= 0.6 is 11.6 Å². The van der Waals surface area contributed by atoms with Crippen LogP contribution in [0.3, 0.4) is 0 Å². The number of nitrogens with one attached hydrogen (secondary N) is 1. The summed E-state index contributed by atoms with van der Waals surface area (Å²) in [7, 11) is 0. The quantitative estimate of drug-likeness (QED) is 0.633. The Morgan fingerprint density at radius 2 is 2.20 bits per heavy atom. The van der Waals surface area contributed by atoms with Crippen molar-refractivity contribution in [1.29, 1.82) is 0 Å². The lowest BCUT2D eigenvalue weighted by atomic mass is 9.92. The summed E-state index contributed by atoms with van der Waals surface area (Å²) in [5.74, 6) is 0.0345. The van der Waals surface area contributed by atoms with Gasteiger partial charge in [0.2, 0.25) is 0 Å². The molecule has 0 bridgehead atoms. The number of aliphatic hydroxyl groups is 2. The standard InChI is InChI=1S/C12H15ClN2O5/c13-8-9(18)12(5-16,6-1-2-6)20-10(8)15-4-3-7(17)14-11(15)19/h3-4,6,8-10,16,18H,1-2,5H2,(H,14,17,19)/t8-,9-,10+,12-/m0/s1. The lowest BCUT2D eigenvalue weighted by molar-refractivity contribution is -0.141. The molecular weight excluding hydrogens is 288 g/mol. The molecular formula is C12H15ClN2O5. The van der Waals surface area contributed by atoms with E-state index < -0.39 is 34.6 Å². The number of nitrogens with zero attached hydrogens (tertiary/aromatic N) is 1. The van der Waals surface area contributed by atoms with Crippen molar-refractivity contribution in [2.24, 2.45) is 5.92 Å². The van der Waals surface area contributed by atoms with Gasteiger partial charge in [0.25, 0.3) is 5.56 Å². The van der Waals surface area contributed by atoms with Gasteiger partial charge in [-0.3, -0.25) is 14.3 Å². The predicted octanol–water partition coefficient (Wildman–Crippen LogP) is -0.825. The topological polar surface area (TPSA) is 105 Å². The summed E-state index contributed by atoms with van der Waals surface area (Å²) in [5, 5.41) is 19.0. The van der Waals surface area contributed by atoms with Gasteiger partial charge in [0.15, 0.2) is 6.23 Å². The molecule has 110 valence electrons. The number of ether oxygens (including phenoxy) is 1. The van der Waals surface area contributed by atoms with Gasteiger partial charge < -0.3 is 14.9 Å². The van der Waals surface area contributed by atoms with Crippen LogP contribution in [0.1, 0.15) is 19.1 Å². The second-order valence-electron chi connectivity index (χ2n) is 5.30. The number of hydrogen-bond donors (Lipinski definition) is 3.